The van der Waals surface area contributed by atoms with Gasteiger partial charge in [-0.2, -0.15) is 4.80 Å². The summed E-state index contributed by atoms with van der Waals surface area (Å²) in [5, 5.41) is 12.3. The zero-order valence-electron chi connectivity index (χ0n) is 13.5. The molecule has 0 spiro atoms. The predicted molar refractivity (Wildman–Crippen MR) is 100 cm³/mol. The number of anilines is 1. The minimum Gasteiger partial charge on any atom is -0.465 e. The number of rotatable bonds is 4. The number of fused-ring (bicyclic) bond motifs is 1. The lowest BCUT2D eigenvalue weighted by Crippen LogP contribution is -2.07. The van der Waals surface area contributed by atoms with Crippen molar-refractivity contribution in [2.45, 2.75) is 0 Å². The molecule has 0 aliphatic heterocycles. The molecule has 4 aromatic rings. The van der Waals surface area contributed by atoms with E-state index in [0.717, 1.165) is 11.2 Å². The van der Waals surface area contributed by atoms with Crippen molar-refractivity contribution in [2.24, 2.45) is 0 Å². The summed E-state index contributed by atoms with van der Waals surface area (Å²) in [4.78, 5) is 13.5. The van der Waals surface area contributed by atoms with E-state index < -0.39 is 0 Å². The van der Waals surface area contributed by atoms with Gasteiger partial charge in [0.2, 0.25) is 5.91 Å². The second kappa shape index (κ2) is 6.85. The number of hydrogen-bond acceptors (Lipinski definition) is 4. The molecule has 0 saturated heterocycles. The van der Waals surface area contributed by atoms with Gasteiger partial charge in [0.15, 0.2) is 0 Å². The molecule has 2 heterocycles. The predicted octanol–water partition coefficient (Wildman–Crippen LogP) is 4.32. The quantitative estimate of drug-likeness (QED) is 0.547. The lowest BCUT2D eigenvalue weighted by molar-refractivity contribution is -0.111. The van der Waals surface area contributed by atoms with E-state index in [-0.39, 0.29) is 5.91 Å². The highest BCUT2D eigenvalue weighted by Gasteiger charge is 2.07. The van der Waals surface area contributed by atoms with Crippen LogP contribution in [0, 0.1) is 0 Å². The number of benzene rings is 2. The van der Waals surface area contributed by atoms with E-state index in [1.165, 1.54) is 10.9 Å². The van der Waals surface area contributed by atoms with Crippen LogP contribution in [-0.2, 0) is 4.79 Å². The van der Waals surface area contributed by atoms with Crippen LogP contribution < -0.4 is 5.32 Å². The van der Waals surface area contributed by atoms with E-state index in [0.29, 0.717) is 22.0 Å². The van der Waals surface area contributed by atoms with Gasteiger partial charge in [-0.1, -0.05) is 11.6 Å². The Labute approximate surface area is 153 Å². The molecular formula is C19H13ClN4O2. The Hall–Kier alpha value is -3.38. The normalized spacial score (nSPS) is 11.3. The Kier molecular flexibility index (Phi) is 4.25. The summed E-state index contributed by atoms with van der Waals surface area (Å²) in [7, 11) is 0. The van der Waals surface area contributed by atoms with Crippen LogP contribution in [0.1, 0.15) is 5.76 Å². The number of carbonyl (C=O) groups excluding carboxylic acids is 1. The number of aromatic nitrogens is 3. The molecule has 4 rings (SSSR count). The summed E-state index contributed by atoms with van der Waals surface area (Å²) < 4.78 is 5.15. The van der Waals surface area contributed by atoms with Gasteiger partial charge in [-0.25, -0.2) is 0 Å². The lowest BCUT2D eigenvalue weighted by Gasteiger charge is -2.00. The van der Waals surface area contributed by atoms with Crippen molar-refractivity contribution in [3.63, 3.8) is 0 Å². The first kappa shape index (κ1) is 16.1. The minimum absolute atomic E-state index is 0.258. The number of nitrogens with one attached hydrogen (secondary N) is 1. The number of carbonyl (C=O) groups is 1. The van der Waals surface area contributed by atoms with Gasteiger partial charge >= 0.3 is 0 Å². The molecule has 0 radical (unpaired) electrons. The summed E-state index contributed by atoms with van der Waals surface area (Å²) in [6, 6.07) is 16.1. The maximum atomic E-state index is 12.0. The van der Waals surface area contributed by atoms with Gasteiger partial charge in [0.1, 0.15) is 16.8 Å². The van der Waals surface area contributed by atoms with Crippen molar-refractivity contribution in [1.82, 2.24) is 15.0 Å². The Morgan fingerprint density at radius 1 is 1.08 bits per heavy atom. The third-order valence-corrected chi connectivity index (χ3v) is 3.90. The number of halogens is 1. The van der Waals surface area contributed by atoms with Gasteiger partial charge in [0.25, 0.3) is 0 Å². The van der Waals surface area contributed by atoms with Crippen LogP contribution in [0.15, 0.2) is 71.4 Å². The summed E-state index contributed by atoms with van der Waals surface area (Å²) >= 11 is 5.90. The summed E-state index contributed by atoms with van der Waals surface area (Å²) in [5.74, 6) is 0.354. The lowest BCUT2D eigenvalue weighted by atomic mass is 10.2. The monoisotopic (exact) mass is 364 g/mol. The zero-order chi connectivity index (χ0) is 17.9. The maximum Gasteiger partial charge on any atom is 0.248 e. The van der Waals surface area contributed by atoms with E-state index in [1.807, 2.05) is 12.1 Å². The number of hydrogen-bond donors (Lipinski definition) is 1. The van der Waals surface area contributed by atoms with Crippen molar-refractivity contribution in [3.05, 3.63) is 77.7 Å². The van der Waals surface area contributed by atoms with Crippen LogP contribution in [0.5, 0.6) is 0 Å². The summed E-state index contributed by atoms with van der Waals surface area (Å²) in [5.41, 5.74) is 2.84. The van der Waals surface area contributed by atoms with Gasteiger partial charge in [-0.05, 0) is 60.7 Å². The van der Waals surface area contributed by atoms with Gasteiger partial charge in [-0.3, -0.25) is 4.79 Å². The molecule has 2 aromatic heterocycles. The zero-order valence-corrected chi connectivity index (χ0v) is 14.2. The second-order valence-electron chi connectivity index (χ2n) is 5.51. The maximum absolute atomic E-state index is 12.0. The highest BCUT2D eigenvalue weighted by atomic mass is 35.5. The molecule has 0 aliphatic rings. The molecule has 7 heteroatoms. The van der Waals surface area contributed by atoms with Crippen LogP contribution in [0.3, 0.4) is 0 Å². The SMILES string of the molecule is O=C(/C=C\c1ccco1)Nc1ccc2nn(-c3ccc(Cl)cc3)nc2c1. The molecular weight excluding hydrogens is 352 g/mol. The second-order valence-corrected chi connectivity index (χ2v) is 5.94. The average Bonchev–Trinajstić information content (AvgIpc) is 3.30. The first-order valence-electron chi connectivity index (χ1n) is 7.83. The fourth-order valence-electron chi connectivity index (χ4n) is 2.41. The van der Waals surface area contributed by atoms with Crippen LogP contribution in [0.4, 0.5) is 5.69 Å². The van der Waals surface area contributed by atoms with Crippen molar-refractivity contribution in [3.8, 4) is 5.69 Å². The largest absolute Gasteiger partial charge is 0.465 e. The fraction of sp³-hybridized carbons (Fsp3) is 0. The molecule has 1 N–H and O–H groups in total. The Balaban J connectivity index is 1.53. The topological polar surface area (TPSA) is 73.0 Å². The molecule has 0 fully saturated rings. The molecule has 26 heavy (non-hydrogen) atoms. The van der Waals surface area contributed by atoms with Crippen molar-refractivity contribution >= 4 is 40.3 Å². The molecule has 0 saturated carbocycles. The molecule has 6 nitrogen and oxygen atoms in total. The Morgan fingerprint density at radius 3 is 2.65 bits per heavy atom. The molecule has 0 atom stereocenters. The molecule has 1 amide bonds. The summed E-state index contributed by atoms with van der Waals surface area (Å²) in [6.45, 7) is 0. The van der Waals surface area contributed by atoms with E-state index >= 15 is 0 Å². The number of nitrogens with zero attached hydrogens (tertiary/aromatic N) is 3. The van der Waals surface area contributed by atoms with Crippen LogP contribution in [0.2, 0.25) is 5.02 Å². The number of furan rings is 1. The van der Waals surface area contributed by atoms with E-state index in [2.05, 4.69) is 15.5 Å². The molecule has 2 aromatic carbocycles. The third-order valence-electron chi connectivity index (χ3n) is 3.65. The first-order valence-corrected chi connectivity index (χ1v) is 8.21. The standard InChI is InChI=1S/C19H13ClN4O2/c20-13-3-6-15(7-4-13)24-22-17-9-5-14(12-18(17)23-24)21-19(25)10-8-16-2-1-11-26-16/h1-12H,(H,21,25)/b10-8-. The van der Waals surface area contributed by atoms with Crippen molar-refractivity contribution in [1.29, 1.82) is 0 Å². The highest BCUT2D eigenvalue weighted by molar-refractivity contribution is 6.30. The van der Waals surface area contributed by atoms with E-state index in [1.54, 1.807) is 54.8 Å². The summed E-state index contributed by atoms with van der Waals surface area (Å²) in [6.07, 6.45) is 4.56. The third kappa shape index (κ3) is 3.50. The first-order chi connectivity index (χ1) is 12.7. The molecule has 0 bridgehead atoms. The van der Waals surface area contributed by atoms with Crippen molar-refractivity contribution < 1.29 is 9.21 Å². The van der Waals surface area contributed by atoms with Crippen LogP contribution >= 0.6 is 11.6 Å². The van der Waals surface area contributed by atoms with Gasteiger partial charge in [0.05, 0.1) is 12.0 Å². The molecule has 0 unspecified atom stereocenters. The average molecular weight is 365 g/mol. The van der Waals surface area contributed by atoms with E-state index in [4.69, 9.17) is 16.0 Å². The Morgan fingerprint density at radius 2 is 1.88 bits per heavy atom. The van der Waals surface area contributed by atoms with Gasteiger partial charge in [0, 0.05) is 16.8 Å². The highest BCUT2D eigenvalue weighted by Crippen LogP contribution is 2.18. The van der Waals surface area contributed by atoms with Crippen molar-refractivity contribution in [2.75, 3.05) is 5.32 Å². The minimum atomic E-state index is -0.258. The smallest absolute Gasteiger partial charge is 0.248 e. The van der Waals surface area contributed by atoms with Crippen LogP contribution in [0.25, 0.3) is 22.8 Å². The van der Waals surface area contributed by atoms with Gasteiger partial charge in [-0.15, -0.1) is 10.2 Å². The van der Waals surface area contributed by atoms with Gasteiger partial charge < -0.3 is 9.73 Å². The molecule has 128 valence electrons. The Bertz CT molecular complexity index is 1080. The fourth-order valence-corrected chi connectivity index (χ4v) is 2.54. The van der Waals surface area contributed by atoms with Crippen LogP contribution in [-0.4, -0.2) is 20.9 Å². The molecule has 0 aliphatic carbocycles. The van der Waals surface area contributed by atoms with E-state index in [9.17, 15) is 4.79 Å². The number of amides is 1.